The van der Waals surface area contributed by atoms with Gasteiger partial charge in [-0.05, 0) is 40.3 Å². The van der Waals surface area contributed by atoms with Crippen LogP contribution in [0.4, 0.5) is 0 Å². The maximum atomic E-state index is 11.6. The van der Waals surface area contributed by atoms with Crippen LogP contribution < -0.4 is 0 Å². The summed E-state index contributed by atoms with van der Waals surface area (Å²) in [6.07, 6.45) is 4.30. The maximum Gasteiger partial charge on any atom is 0.354 e. The van der Waals surface area contributed by atoms with Gasteiger partial charge >= 0.3 is 5.97 Å². The molecule has 1 N–H and O–H groups in total. The number of unbranched alkanes of at least 4 members (excludes halogenated alkanes) is 1. The highest BCUT2D eigenvalue weighted by Gasteiger charge is 2.15. The van der Waals surface area contributed by atoms with Crippen molar-refractivity contribution in [2.24, 2.45) is 0 Å². The molecule has 31 heavy (non-hydrogen) atoms. The fourth-order valence-electron chi connectivity index (χ4n) is 3.79. The van der Waals surface area contributed by atoms with Gasteiger partial charge in [0, 0.05) is 13.0 Å². The summed E-state index contributed by atoms with van der Waals surface area (Å²) in [6, 6.07) is 27.2. The highest BCUT2D eigenvalue weighted by molar-refractivity contribution is 5.85. The average molecular weight is 411 g/mol. The minimum absolute atomic E-state index is 0.241. The fourth-order valence-corrected chi connectivity index (χ4v) is 3.79. The first kappa shape index (κ1) is 20.6. The molecular formula is C27H26N2O2. The Kier molecular flexibility index (Phi) is 6.27. The second-order valence-corrected chi connectivity index (χ2v) is 7.70. The molecule has 0 saturated carbocycles. The molecule has 0 bridgehead atoms. The number of aromatic nitrogens is 2. The minimum Gasteiger partial charge on any atom is -0.477 e. The van der Waals surface area contributed by atoms with E-state index >= 15 is 0 Å². The maximum absolute atomic E-state index is 11.6. The molecule has 4 nitrogen and oxygen atoms in total. The summed E-state index contributed by atoms with van der Waals surface area (Å²) in [4.78, 5) is 16.0. The van der Waals surface area contributed by atoms with Gasteiger partial charge in [0.1, 0.15) is 11.5 Å². The number of rotatable bonds is 8. The number of benzene rings is 3. The molecule has 0 spiro atoms. The van der Waals surface area contributed by atoms with Gasteiger partial charge in [0.15, 0.2) is 0 Å². The van der Waals surface area contributed by atoms with E-state index < -0.39 is 5.97 Å². The minimum atomic E-state index is -0.940. The third kappa shape index (κ3) is 4.75. The molecule has 0 aliphatic carbocycles. The van der Waals surface area contributed by atoms with Gasteiger partial charge in [-0.3, -0.25) is 0 Å². The first-order valence-corrected chi connectivity index (χ1v) is 10.7. The third-order valence-corrected chi connectivity index (χ3v) is 5.51. The fraction of sp³-hybridized carbons (Fsp3) is 0.185. The average Bonchev–Trinajstić information content (AvgIpc) is 3.21. The van der Waals surface area contributed by atoms with Crippen LogP contribution in [0, 0.1) is 0 Å². The molecule has 4 rings (SSSR count). The summed E-state index contributed by atoms with van der Waals surface area (Å²) in [5, 5.41) is 9.53. The molecule has 3 aromatic carbocycles. The van der Waals surface area contributed by atoms with Gasteiger partial charge in [-0.15, -0.1) is 0 Å². The highest BCUT2D eigenvalue weighted by Crippen LogP contribution is 2.27. The highest BCUT2D eigenvalue weighted by atomic mass is 16.4. The SMILES string of the molecule is CCCCc1ncc(C(=O)O)n1Cc1ccc(-c2cccc(-c3ccccc3)c2)cc1. The molecule has 1 heterocycles. The van der Waals surface area contributed by atoms with Crippen LogP contribution in [0.1, 0.15) is 41.6 Å². The van der Waals surface area contributed by atoms with Gasteiger partial charge in [0.2, 0.25) is 0 Å². The molecule has 4 aromatic rings. The predicted octanol–water partition coefficient (Wildman–Crippen LogP) is 6.31. The first-order valence-electron chi connectivity index (χ1n) is 10.7. The van der Waals surface area contributed by atoms with Crippen molar-refractivity contribution in [3.63, 3.8) is 0 Å². The number of aromatic carboxylic acids is 1. The van der Waals surface area contributed by atoms with Crippen LogP contribution in [-0.4, -0.2) is 20.6 Å². The summed E-state index contributed by atoms with van der Waals surface area (Å²) in [5.74, 6) is -0.108. The van der Waals surface area contributed by atoms with Crippen LogP contribution in [0.3, 0.4) is 0 Å². The second kappa shape index (κ2) is 9.43. The van der Waals surface area contributed by atoms with Crippen molar-refractivity contribution in [1.82, 2.24) is 9.55 Å². The standard InChI is InChI=1S/C27H26N2O2/c1-2-3-12-26-28-18-25(27(30)31)29(26)19-20-13-15-22(16-14-20)24-11-7-10-23(17-24)21-8-5-4-6-9-21/h4-11,13-18H,2-3,12,19H2,1H3,(H,30,31). The summed E-state index contributed by atoms with van der Waals surface area (Å²) in [6.45, 7) is 2.63. The molecule has 0 aliphatic heterocycles. The Bertz CT molecular complexity index is 1160. The normalized spacial score (nSPS) is 10.9. The van der Waals surface area contributed by atoms with Crippen LogP contribution in [0.2, 0.25) is 0 Å². The van der Waals surface area contributed by atoms with Crippen LogP contribution in [0.15, 0.2) is 85.1 Å². The molecule has 0 atom stereocenters. The van der Waals surface area contributed by atoms with Crippen molar-refractivity contribution >= 4 is 5.97 Å². The molecule has 0 fully saturated rings. The number of aryl methyl sites for hydroxylation is 1. The van der Waals surface area contributed by atoms with Crippen LogP contribution in [0.25, 0.3) is 22.3 Å². The number of hydrogen-bond donors (Lipinski definition) is 1. The second-order valence-electron chi connectivity index (χ2n) is 7.70. The summed E-state index contributed by atoms with van der Waals surface area (Å²) < 4.78 is 1.82. The van der Waals surface area contributed by atoms with Crippen molar-refractivity contribution in [2.45, 2.75) is 32.7 Å². The number of hydrogen-bond acceptors (Lipinski definition) is 2. The number of carboxylic acids is 1. The molecule has 0 aliphatic rings. The van der Waals surface area contributed by atoms with Crippen molar-refractivity contribution < 1.29 is 9.90 Å². The summed E-state index contributed by atoms with van der Waals surface area (Å²) in [7, 11) is 0. The van der Waals surface area contributed by atoms with E-state index in [-0.39, 0.29) is 5.69 Å². The molecule has 156 valence electrons. The Morgan fingerprint density at radius 1 is 0.871 bits per heavy atom. The van der Waals surface area contributed by atoms with E-state index in [1.54, 1.807) is 0 Å². The summed E-state index contributed by atoms with van der Waals surface area (Å²) >= 11 is 0. The number of imidazole rings is 1. The zero-order valence-corrected chi connectivity index (χ0v) is 17.7. The Hall–Kier alpha value is -3.66. The van der Waals surface area contributed by atoms with E-state index in [4.69, 9.17) is 0 Å². The van der Waals surface area contributed by atoms with Crippen molar-refractivity contribution in [1.29, 1.82) is 0 Å². The predicted molar refractivity (Wildman–Crippen MR) is 124 cm³/mol. The Morgan fingerprint density at radius 3 is 2.16 bits per heavy atom. The van der Waals surface area contributed by atoms with Gasteiger partial charge in [-0.2, -0.15) is 0 Å². The molecule has 0 saturated heterocycles. The smallest absolute Gasteiger partial charge is 0.354 e. The number of carboxylic acid groups (broad SMARTS) is 1. The van der Waals surface area contributed by atoms with E-state index in [1.165, 1.54) is 17.3 Å². The monoisotopic (exact) mass is 410 g/mol. The summed E-state index contributed by atoms with van der Waals surface area (Å²) in [5.41, 5.74) is 5.98. The van der Waals surface area contributed by atoms with Gasteiger partial charge in [0.05, 0.1) is 6.20 Å². The van der Waals surface area contributed by atoms with Crippen molar-refractivity contribution in [2.75, 3.05) is 0 Å². The lowest BCUT2D eigenvalue weighted by Crippen LogP contribution is -2.12. The van der Waals surface area contributed by atoms with E-state index in [1.807, 2.05) is 22.8 Å². The Morgan fingerprint density at radius 2 is 1.52 bits per heavy atom. The van der Waals surface area contributed by atoms with Gasteiger partial charge in [-0.1, -0.05) is 86.1 Å². The lowest BCUT2D eigenvalue weighted by Gasteiger charge is -2.11. The Labute approximate surface area is 182 Å². The molecule has 4 heteroatoms. The van der Waals surface area contributed by atoms with Crippen molar-refractivity contribution in [3.8, 4) is 22.3 Å². The Balaban J connectivity index is 1.57. The van der Waals surface area contributed by atoms with Crippen LogP contribution >= 0.6 is 0 Å². The molecule has 0 amide bonds. The van der Waals surface area contributed by atoms with Crippen LogP contribution in [-0.2, 0) is 13.0 Å². The lowest BCUT2D eigenvalue weighted by molar-refractivity contribution is 0.0685. The molecular weight excluding hydrogens is 384 g/mol. The first-order chi connectivity index (χ1) is 15.2. The number of carbonyl (C=O) groups is 1. The molecule has 0 radical (unpaired) electrons. The van der Waals surface area contributed by atoms with E-state index in [0.29, 0.717) is 6.54 Å². The van der Waals surface area contributed by atoms with E-state index in [2.05, 4.69) is 72.6 Å². The quantitative estimate of drug-likeness (QED) is 0.370. The molecule has 1 aromatic heterocycles. The van der Waals surface area contributed by atoms with E-state index in [0.717, 1.165) is 41.8 Å². The number of nitrogens with zero attached hydrogens (tertiary/aromatic N) is 2. The topological polar surface area (TPSA) is 55.1 Å². The van der Waals surface area contributed by atoms with Gasteiger partial charge in [-0.25, -0.2) is 9.78 Å². The van der Waals surface area contributed by atoms with E-state index in [9.17, 15) is 9.90 Å². The zero-order valence-electron chi connectivity index (χ0n) is 17.7. The third-order valence-electron chi connectivity index (χ3n) is 5.51. The zero-order chi connectivity index (χ0) is 21.6. The molecule has 0 unspecified atom stereocenters. The van der Waals surface area contributed by atoms with Gasteiger partial charge in [0.25, 0.3) is 0 Å². The van der Waals surface area contributed by atoms with Crippen molar-refractivity contribution in [3.05, 3.63) is 102 Å². The van der Waals surface area contributed by atoms with Crippen LogP contribution in [0.5, 0.6) is 0 Å². The van der Waals surface area contributed by atoms with Gasteiger partial charge < -0.3 is 9.67 Å². The largest absolute Gasteiger partial charge is 0.477 e. The lowest BCUT2D eigenvalue weighted by atomic mass is 9.98.